The number of allylic oxidation sites excluding steroid dienone is 1. The van der Waals surface area contributed by atoms with Crippen LogP contribution < -0.4 is 9.84 Å². The first-order valence-corrected chi connectivity index (χ1v) is 12.0. The lowest BCUT2D eigenvalue weighted by molar-refractivity contribution is -0.307. The molecular formula is C30H26NO5-. The summed E-state index contributed by atoms with van der Waals surface area (Å²) in [5.74, 6) is 0.182. The van der Waals surface area contributed by atoms with E-state index in [1.807, 2.05) is 72.8 Å². The van der Waals surface area contributed by atoms with Crippen molar-refractivity contribution in [2.75, 3.05) is 6.61 Å². The zero-order valence-corrected chi connectivity index (χ0v) is 19.7. The maximum atomic E-state index is 11.9. The summed E-state index contributed by atoms with van der Waals surface area (Å²) < 4.78 is 11.6. The highest BCUT2D eigenvalue weighted by Crippen LogP contribution is 2.42. The number of aliphatic carboxylic acids is 1. The van der Waals surface area contributed by atoms with Gasteiger partial charge in [0.2, 0.25) is 5.89 Å². The lowest BCUT2D eigenvalue weighted by Crippen LogP contribution is -2.35. The summed E-state index contributed by atoms with van der Waals surface area (Å²) in [4.78, 5) is 15.7. The standard InChI is InChI=1S/C30H27NO5/c32-26(33)20-35-24-15-9-10-21(18-24)19-30(34)17-8-7-16-25(30)29-31-27(22-11-3-1-4-12-22)28(36-29)23-13-5-2-6-14-23/h1-6,9-16,18,34H,7-8,17,19-20H2,(H,32,33)/p-1. The number of rotatable bonds is 8. The molecule has 0 fully saturated rings. The maximum absolute atomic E-state index is 11.9. The number of benzene rings is 3. The van der Waals surface area contributed by atoms with Crippen molar-refractivity contribution in [3.8, 4) is 28.3 Å². The van der Waals surface area contributed by atoms with E-state index in [2.05, 4.69) is 0 Å². The third kappa shape index (κ3) is 5.09. The molecule has 1 atom stereocenters. The molecule has 182 valence electrons. The number of carbonyl (C=O) groups excluding carboxylic acids is 1. The Morgan fingerprint density at radius 3 is 2.44 bits per heavy atom. The van der Waals surface area contributed by atoms with E-state index in [0.29, 0.717) is 35.8 Å². The van der Waals surface area contributed by atoms with Gasteiger partial charge in [-0.15, -0.1) is 0 Å². The maximum Gasteiger partial charge on any atom is 0.225 e. The van der Waals surface area contributed by atoms with Gasteiger partial charge < -0.3 is 24.2 Å². The third-order valence-corrected chi connectivity index (χ3v) is 6.34. The fraction of sp³-hybridized carbons (Fsp3) is 0.200. The number of carboxylic acids is 1. The van der Waals surface area contributed by atoms with Gasteiger partial charge in [0.05, 0.1) is 11.6 Å². The van der Waals surface area contributed by atoms with Crippen LogP contribution in [0.1, 0.15) is 30.7 Å². The van der Waals surface area contributed by atoms with Crippen molar-refractivity contribution in [3.63, 3.8) is 0 Å². The lowest BCUT2D eigenvalue weighted by atomic mass is 9.78. The summed E-state index contributed by atoms with van der Waals surface area (Å²) in [5, 5.41) is 22.6. The smallest absolute Gasteiger partial charge is 0.225 e. The molecule has 0 saturated carbocycles. The van der Waals surface area contributed by atoms with E-state index in [-0.39, 0.29) is 0 Å². The number of nitrogens with zero attached hydrogens (tertiary/aromatic N) is 1. The van der Waals surface area contributed by atoms with Crippen molar-refractivity contribution < 1.29 is 24.2 Å². The first-order valence-electron chi connectivity index (χ1n) is 12.0. The van der Waals surface area contributed by atoms with E-state index in [1.165, 1.54) is 0 Å². The van der Waals surface area contributed by atoms with Gasteiger partial charge in [-0.2, -0.15) is 0 Å². The van der Waals surface area contributed by atoms with E-state index in [9.17, 15) is 15.0 Å². The molecule has 6 heteroatoms. The number of hydrogen-bond donors (Lipinski definition) is 1. The van der Waals surface area contributed by atoms with Gasteiger partial charge in [0.25, 0.3) is 0 Å². The molecule has 6 nitrogen and oxygen atoms in total. The highest BCUT2D eigenvalue weighted by molar-refractivity contribution is 5.80. The van der Waals surface area contributed by atoms with Gasteiger partial charge in [0.15, 0.2) is 5.76 Å². The van der Waals surface area contributed by atoms with Crippen LogP contribution in [0.4, 0.5) is 0 Å². The number of carboxylic acid groups (broad SMARTS) is 1. The van der Waals surface area contributed by atoms with Crippen LogP contribution in [0.15, 0.2) is 95.4 Å². The van der Waals surface area contributed by atoms with Gasteiger partial charge in [0, 0.05) is 23.1 Å². The molecule has 5 rings (SSSR count). The number of oxazole rings is 1. The Kier molecular flexibility index (Phi) is 6.69. The van der Waals surface area contributed by atoms with Crippen LogP contribution in [0.5, 0.6) is 5.75 Å². The van der Waals surface area contributed by atoms with Crippen molar-refractivity contribution in [2.45, 2.75) is 31.3 Å². The van der Waals surface area contributed by atoms with Crippen molar-refractivity contribution in [3.05, 3.63) is 102 Å². The van der Waals surface area contributed by atoms with Gasteiger partial charge in [-0.3, -0.25) is 0 Å². The fourth-order valence-electron chi connectivity index (χ4n) is 4.67. The molecule has 0 radical (unpaired) electrons. The Morgan fingerprint density at radius 2 is 1.72 bits per heavy atom. The van der Waals surface area contributed by atoms with Crippen LogP contribution in [-0.2, 0) is 11.2 Å². The molecule has 1 heterocycles. The normalized spacial score (nSPS) is 17.4. The molecular weight excluding hydrogens is 454 g/mol. The van der Waals surface area contributed by atoms with Crippen LogP contribution >= 0.6 is 0 Å². The molecule has 0 aliphatic heterocycles. The third-order valence-electron chi connectivity index (χ3n) is 6.34. The topological polar surface area (TPSA) is 95.6 Å². The van der Waals surface area contributed by atoms with Crippen LogP contribution in [0.3, 0.4) is 0 Å². The molecule has 4 aromatic rings. The zero-order valence-electron chi connectivity index (χ0n) is 19.7. The minimum Gasteiger partial charge on any atom is -0.546 e. The molecule has 3 aromatic carbocycles. The first kappa shape index (κ1) is 23.6. The summed E-state index contributed by atoms with van der Waals surface area (Å²) in [5.41, 5.74) is 2.85. The van der Waals surface area contributed by atoms with Gasteiger partial charge in [0.1, 0.15) is 18.1 Å². The molecule has 36 heavy (non-hydrogen) atoms. The Balaban J connectivity index is 1.51. The number of ether oxygens (including phenoxy) is 1. The Labute approximate surface area is 209 Å². The molecule has 1 aliphatic carbocycles. The highest BCUT2D eigenvalue weighted by Gasteiger charge is 2.38. The number of carbonyl (C=O) groups is 1. The van der Waals surface area contributed by atoms with E-state index < -0.39 is 18.2 Å². The summed E-state index contributed by atoms with van der Waals surface area (Å²) in [7, 11) is 0. The average Bonchev–Trinajstić information content (AvgIpc) is 3.34. The average molecular weight is 481 g/mol. The second-order valence-corrected chi connectivity index (χ2v) is 8.96. The minimum atomic E-state index is -1.29. The van der Waals surface area contributed by atoms with Crippen molar-refractivity contribution >= 4 is 11.5 Å². The van der Waals surface area contributed by atoms with Gasteiger partial charge in [-0.25, -0.2) is 4.98 Å². The monoisotopic (exact) mass is 480 g/mol. The SMILES string of the molecule is O=C([O-])COc1cccc(CC2(O)CCCC=C2c2nc(-c3ccccc3)c(-c3ccccc3)o2)c1. The minimum absolute atomic E-state index is 0.311. The molecule has 1 unspecified atom stereocenters. The van der Waals surface area contributed by atoms with E-state index in [1.54, 1.807) is 18.2 Å². The van der Waals surface area contributed by atoms with Crippen LogP contribution in [-0.4, -0.2) is 28.3 Å². The molecule has 1 aliphatic rings. The summed E-state index contributed by atoms with van der Waals surface area (Å²) in [6, 6.07) is 26.8. The molecule has 0 amide bonds. The number of hydrogen-bond acceptors (Lipinski definition) is 6. The highest BCUT2D eigenvalue weighted by atomic mass is 16.5. The predicted octanol–water partition coefficient (Wildman–Crippen LogP) is 4.68. The lowest BCUT2D eigenvalue weighted by Gasteiger charge is -2.32. The molecule has 1 N–H and O–H groups in total. The van der Waals surface area contributed by atoms with Crippen LogP contribution in [0.25, 0.3) is 28.2 Å². The van der Waals surface area contributed by atoms with E-state index >= 15 is 0 Å². The van der Waals surface area contributed by atoms with Crippen molar-refractivity contribution in [1.29, 1.82) is 0 Å². The zero-order chi connectivity index (χ0) is 25.0. The van der Waals surface area contributed by atoms with E-state index in [0.717, 1.165) is 35.2 Å². The second kappa shape index (κ2) is 10.2. The summed E-state index contributed by atoms with van der Waals surface area (Å²) >= 11 is 0. The summed E-state index contributed by atoms with van der Waals surface area (Å²) in [6.45, 7) is -0.528. The predicted molar refractivity (Wildman–Crippen MR) is 135 cm³/mol. The quantitative estimate of drug-likeness (QED) is 0.394. The van der Waals surface area contributed by atoms with Crippen molar-refractivity contribution in [2.24, 2.45) is 0 Å². The Hall–Kier alpha value is -4.16. The van der Waals surface area contributed by atoms with Crippen molar-refractivity contribution in [1.82, 2.24) is 4.98 Å². The van der Waals surface area contributed by atoms with Crippen LogP contribution in [0, 0.1) is 0 Å². The first-order chi connectivity index (χ1) is 17.5. The molecule has 0 bridgehead atoms. The summed E-state index contributed by atoms with van der Waals surface area (Å²) in [6.07, 6.45) is 4.52. The van der Waals surface area contributed by atoms with Gasteiger partial charge in [-0.05, 0) is 37.0 Å². The Bertz CT molecular complexity index is 1320. The fourth-order valence-corrected chi connectivity index (χ4v) is 4.67. The molecule has 0 saturated heterocycles. The second-order valence-electron chi connectivity index (χ2n) is 8.96. The van der Waals surface area contributed by atoms with Gasteiger partial charge >= 0.3 is 0 Å². The Morgan fingerprint density at radius 1 is 1.00 bits per heavy atom. The largest absolute Gasteiger partial charge is 0.546 e. The molecule has 0 spiro atoms. The number of aromatic nitrogens is 1. The number of aliphatic hydroxyl groups is 1. The van der Waals surface area contributed by atoms with E-state index in [4.69, 9.17) is 14.1 Å². The van der Waals surface area contributed by atoms with Gasteiger partial charge in [-0.1, -0.05) is 78.9 Å². The van der Waals surface area contributed by atoms with Crippen LogP contribution in [0.2, 0.25) is 0 Å². The molecule has 1 aromatic heterocycles.